The van der Waals surface area contributed by atoms with Crippen LogP contribution in [0.4, 0.5) is 11.5 Å². The molecule has 0 aliphatic carbocycles. The molecular weight excluding hydrogens is 258 g/mol. The van der Waals surface area contributed by atoms with E-state index in [0.717, 1.165) is 19.4 Å². The summed E-state index contributed by atoms with van der Waals surface area (Å²) < 4.78 is 5.06. The highest BCUT2D eigenvalue weighted by atomic mass is 16.5. The minimum Gasteiger partial charge on any atom is -0.462 e. The molecule has 0 bridgehead atoms. The summed E-state index contributed by atoms with van der Waals surface area (Å²) in [6.07, 6.45) is 3.51. The zero-order valence-corrected chi connectivity index (χ0v) is 11.7. The number of ether oxygens (including phenoxy) is 1. The maximum absolute atomic E-state index is 12.0. The summed E-state index contributed by atoms with van der Waals surface area (Å²) >= 11 is 0. The Morgan fingerprint density at radius 2 is 2.45 bits per heavy atom. The van der Waals surface area contributed by atoms with Gasteiger partial charge in [0.1, 0.15) is 11.4 Å². The van der Waals surface area contributed by atoms with E-state index in [1.54, 1.807) is 19.2 Å². The van der Waals surface area contributed by atoms with Gasteiger partial charge >= 0.3 is 5.97 Å². The number of nitrogens with zero attached hydrogens (tertiary/aromatic N) is 2. The number of carbonyl (C=O) groups is 1. The fourth-order valence-corrected chi connectivity index (χ4v) is 2.49. The maximum Gasteiger partial charge on any atom is 0.341 e. The number of pyridine rings is 1. The molecule has 1 aliphatic rings. The summed E-state index contributed by atoms with van der Waals surface area (Å²) in [7, 11) is 0. The molecule has 1 fully saturated rings. The number of esters is 1. The molecule has 6 nitrogen and oxygen atoms in total. The van der Waals surface area contributed by atoms with Crippen molar-refractivity contribution in [3.05, 3.63) is 17.8 Å². The third-order valence-corrected chi connectivity index (χ3v) is 3.46. The number of rotatable bonds is 4. The van der Waals surface area contributed by atoms with Gasteiger partial charge in [-0.1, -0.05) is 0 Å². The Kier molecular flexibility index (Phi) is 4.79. The van der Waals surface area contributed by atoms with Gasteiger partial charge in [0.25, 0.3) is 0 Å². The van der Waals surface area contributed by atoms with Crippen LogP contribution in [-0.2, 0) is 4.74 Å². The Labute approximate surface area is 118 Å². The van der Waals surface area contributed by atoms with Gasteiger partial charge in [0.15, 0.2) is 0 Å². The second-order valence-corrected chi connectivity index (χ2v) is 5.00. The van der Waals surface area contributed by atoms with Crippen LogP contribution in [0.5, 0.6) is 0 Å². The second-order valence-electron chi connectivity index (χ2n) is 5.00. The van der Waals surface area contributed by atoms with Crippen molar-refractivity contribution in [2.24, 2.45) is 5.92 Å². The molecule has 1 aromatic rings. The largest absolute Gasteiger partial charge is 0.462 e. The molecule has 1 saturated heterocycles. The third kappa shape index (κ3) is 3.19. The van der Waals surface area contributed by atoms with Crippen LogP contribution >= 0.6 is 0 Å². The first-order chi connectivity index (χ1) is 9.65. The maximum atomic E-state index is 12.0. The predicted octanol–water partition coefficient (Wildman–Crippen LogP) is 1.05. The minimum atomic E-state index is -0.409. The Morgan fingerprint density at radius 3 is 3.15 bits per heavy atom. The molecule has 3 N–H and O–H groups in total. The molecule has 2 rings (SSSR count). The van der Waals surface area contributed by atoms with Crippen LogP contribution in [0.25, 0.3) is 0 Å². The molecule has 1 unspecified atom stereocenters. The van der Waals surface area contributed by atoms with Gasteiger partial charge in [0.05, 0.1) is 18.5 Å². The minimum absolute atomic E-state index is 0.153. The Balaban J connectivity index is 2.28. The first-order valence-electron chi connectivity index (χ1n) is 6.94. The number of nitrogens with two attached hydrogens (primary N) is 1. The zero-order valence-electron chi connectivity index (χ0n) is 11.7. The summed E-state index contributed by atoms with van der Waals surface area (Å²) in [5, 5.41) is 9.30. The average molecular weight is 279 g/mol. The highest BCUT2D eigenvalue weighted by molar-refractivity contribution is 5.95. The lowest BCUT2D eigenvalue weighted by molar-refractivity contribution is 0.0526. The summed E-state index contributed by atoms with van der Waals surface area (Å²) in [5.74, 6) is 0.405. The number of aliphatic hydroxyl groups excluding tert-OH is 1. The average Bonchev–Trinajstić information content (AvgIpc) is 2.47. The molecule has 1 aliphatic heterocycles. The lowest BCUT2D eigenvalue weighted by Gasteiger charge is -2.33. The van der Waals surface area contributed by atoms with E-state index in [1.807, 2.05) is 4.90 Å². The van der Waals surface area contributed by atoms with E-state index in [2.05, 4.69) is 4.98 Å². The number of aliphatic hydroxyl groups is 1. The van der Waals surface area contributed by atoms with Gasteiger partial charge in [-0.15, -0.1) is 0 Å². The van der Waals surface area contributed by atoms with Crippen molar-refractivity contribution in [2.45, 2.75) is 19.8 Å². The second kappa shape index (κ2) is 6.56. The number of piperidine rings is 1. The summed E-state index contributed by atoms with van der Waals surface area (Å²) in [4.78, 5) is 18.3. The fraction of sp³-hybridized carbons (Fsp3) is 0.571. The van der Waals surface area contributed by atoms with E-state index in [0.29, 0.717) is 30.2 Å². The van der Waals surface area contributed by atoms with Crippen molar-refractivity contribution in [1.29, 1.82) is 0 Å². The van der Waals surface area contributed by atoms with E-state index in [9.17, 15) is 9.90 Å². The molecule has 1 atom stereocenters. The highest BCUT2D eigenvalue weighted by Gasteiger charge is 2.25. The van der Waals surface area contributed by atoms with Gasteiger partial charge in [-0.25, -0.2) is 9.78 Å². The molecule has 0 aromatic carbocycles. The zero-order chi connectivity index (χ0) is 14.5. The molecule has 0 amide bonds. The van der Waals surface area contributed by atoms with E-state index in [-0.39, 0.29) is 12.5 Å². The van der Waals surface area contributed by atoms with Gasteiger partial charge in [-0.2, -0.15) is 0 Å². The lowest BCUT2D eigenvalue weighted by atomic mass is 9.98. The topological polar surface area (TPSA) is 88.7 Å². The van der Waals surface area contributed by atoms with Crippen molar-refractivity contribution in [3.8, 4) is 0 Å². The monoisotopic (exact) mass is 279 g/mol. The SMILES string of the molecule is CCOC(=O)c1cc(N)cnc1N1CCCC(CO)C1. The Bertz CT molecular complexity index is 479. The van der Waals surface area contributed by atoms with Crippen LogP contribution in [-0.4, -0.2) is 42.4 Å². The Morgan fingerprint density at radius 1 is 1.65 bits per heavy atom. The van der Waals surface area contributed by atoms with Gasteiger partial charge in [-0.05, 0) is 31.7 Å². The first kappa shape index (κ1) is 14.6. The number of hydrogen-bond donors (Lipinski definition) is 2. The van der Waals surface area contributed by atoms with Crippen LogP contribution in [0.15, 0.2) is 12.3 Å². The van der Waals surface area contributed by atoms with Crippen molar-refractivity contribution in [3.63, 3.8) is 0 Å². The van der Waals surface area contributed by atoms with Crippen molar-refractivity contribution in [2.75, 3.05) is 36.9 Å². The number of anilines is 2. The summed E-state index contributed by atoms with van der Waals surface area (Å²) in [5.41, 5.74) is 6.55. The molecule has 0 saturated carbocycles. The lowest BCUT2D eigenvalue weighted by Crippen LogP contribution is -2.38. The normalized spacial score (nSPS) is 18.9. The van der Waals surface area contributed by atoms with E-state index < -0.39 is 5.97 Å². The molecule has 20 heavy (non-hydrogen) atoms. The number of nitrogen functional groups attached to an aromatic ring is 1. The van der Waals surface area contributed by atoms with Crippen molar-refractivity contribution >= 4 is 17.5 Å². The fourth-order valence-electron chi connectivity index (χ4n) is 2.49. The van der Waals surface area contributed by atoms with Crippen LogP contribution < -0.4 is 10.6 Å². The smallest absolute Gasteiger partial charge is 0.341 e. The summed E-state index contributed by atoms with van der Waals surface area (Å²) in [6, 6.07) is 1.60. The molecular formula is C14H21N3O3. The summed E-state index contributed by atoms with van der Waals surface area (Å²) in [6.45, 7) is 3.74. The molecule has 1 aromatic heterocycles. The molecule has 0 radical (unpaired) electrons. The highest BCUT2D eigenvalue weighted by Crippen LogP contribution is 2.26. The van der Waals surface area contributed by atoms with Crippen LogP contribution in [0.1, 0.15) is 30.1 Å². The number of aromatic nitrogens is 1. The van der Waals surface area contributed by atoms with Gasteiger partial charge in [-0.3, -0.25) is 0 Å². The number of carbonyl (C=O) groups excluding carboxylic acids is 1. The van der Waals surface area contributed by atoms with Gasteiger partial charge < -0.3 is 20.5 Å². The third-order valence-electron chi connectivity index (χ3n) is 3.46. The number of hydrogen-bond acceptors (Lipinski definition) is 6. The Hall–Kier alpha value is -1.82. The molecule has 0 spiro atoms. The standard InChI is InChI=1S/C14H21N3O3/c1-2-20-14(19)12-6-11(15)7-16-13(12)17-5-3-4-10(8-17)9-18/h6-7,10,18H,2-5,8-9,15H2,1H3. The predicted molar refractivity (Wildman–Crippen MR) is 76.6 cm³/mol. The van der Waals surface area contributed by atoms with Crippen molar-refractivity contribution < 1.29 is 14.6 Å². The van der Waals surface area contributed by atoms with Crippen LogP contribution in [0, 0.1) is 5.92 Å². The van der Waals surface area contributed by atoms with Gasteiger partial charge in [0, 0.05) is 19.7 Å². The molecule has 2 heterocycles. The first-order valence-corrected chi connectivity index (χ1v) is 6.94. The van der Waals surface area contributed by atoms with Crippen LogP contribution in [0.2, 0.25) is 0 Å². The van der Waals surface area contributed by atoms with E-state index in [4.69, 9.17) is 10.5 Å². The van der Waals surface area contributed by atoms with Crippen LogP contribution in [0.3, 0.4) is 0 Å². The quantitative estimate of drug-likeness (QED) is 0.801. The van der Waals surface area contributed by atoms with E-state index in [1.165, 1.54) is 0 Å². The van der Waals surface area contributed by atoms with E-state index >= 15 is 0 Å². The molecule has 110 valence electrons. The molecule has 6 heteroatoms. The van der Waals surface area contributed by atoms with Crippen molar-refractivity contribution in [1.82, 2.24) is 4.98 Å². The van der Waals surface area contributed by atoms with Gasteiger partial charge in [0.2, 0.25) is 0 Å².